The van der Waals surface area contributed by atoms with Crippen LogP contribution in [0.25, 0.3) is 0 Å². The highest BCUT2D eigenvalue weighted by molar-refractivity contribution is 7.90. The van der Waals surface area contributed by atoms with Crippen LogP contribution < -0.4 is 9.46 Å². The highest BCUT2D eigenvalue weighted by Gasteiger charge is 2.44. The maximum absolute atomic E-state index is 13.0. The summed E-state index contributed by atoms with van der Waals surface area (Å²) in [6.07, 6.45) is 7.73. The minimum atomic E-state index is -3.33. The molecule has 3 fully saturated rings. The summed E-state index contributed by atoms with van der Waals surface area (Å²) in [6, 6.07) is 3.33. The first kappa shape index (κ1) is 20.2. The lowest BCUT2D eigenvalue weighted by Crippen LogP contribution is -2.51. The van der Waals surface area contributed by atoms with E-state index in [-0.39, 0.29) is 36.0 Å². The molecule has 2 aliphatic carbocycles. The van der Waals surface area contributed by atoms with Gasteiger partial charge in [0.1, 0.15) is 0 Å². The first-order chi connectivity index (χ1) is 14.5. The molecular formula is C21H29N3O5S. The third-order valence-corrected chi connectivity index (χ3v) is 8.88. The van der Waals surface area contributed by atoms with Crippen molar-refractivity contribution in [3.63, 3.8) is 0 Å². The van der Waals surface area contributed by atoms with Gasteiger partial charge in [0.2, 0.25) is 15.9 Å². The minimum Gasteiger partial charge on any atom is -0.467 e. The predicted molar refractivity (Wildman–Crippen MR) is 110 cm³/mol. The van der Waals surface area contributed by atoms with Crippen LogP contribution in [0.4, 0.5) is 0 Å². The minimum absolute atomic E-state index is 0.0985. The molecular weight excluding hydrogens is 406 g/mol. The molecule has 1 aromatic rings. The van der Waals surface area contributed by atoms with Crippen LogP contribution in [0.5, 0.6) is 5.88 Å². The fraction of sp³-hybridized carbons (Fsp3) is 0.714. The van der Waals surface area contributed by atoms with Crippen LogP contribution in [0, 0.1) is 0 Å². The molecule has 164 valence electrons. The van der Waals surface area contributed by atoms with E-state index in [1.165, 1.54) is 0 Å². The molecule has 5 aliphatic rings. The highest BCUT2D eigenvalue weighted by atomic mass is 32.2. The van der Waals surface area contributed by atoms with E-state index in [9.17, 15) is 13.2 Å². The van der Waals surface area contributed by atoms with Crippen molar-refractivity contribution in [2.45, 2.75) is 74.3 Å². The second-order valence-electron chi connectivity index (χ2n) is 8.91. The summed E-state index contributed by atoms with van der Waals surface area (Å²) in [4.78, 5) is 19.1. The van der Waals surface area contributed by atoms with Gasteiger partial charge in [-0.3, -0.25) is 4.79 Å². The summed E-state index contributed by atoms with van der Waals surface area (Å²) in [7, 11) is -3.33. The van der Waals surface area contributed by atoms with Gasteiger partial charge in [0.25, 0.3) is 5.91 Å². The molecule has 3 aliphatic heterocycles. The summed E-state index contributed by atoms with van der Waals surface area (Å²) in [6.45, 7) is 0.749. The van der Waals surface area contributed by atoms with E-state index in [4.69, 9.17) is 9.47 Å². The zero-order valence-electron chi connectivity index (χ0n) is 17.0. The van der Waals surface area contributed by atoms with Crippen molar-refractivity contribution in [2.24, 2.45) is 0 Å². The molecule has 1 saturated heterocycles. The number of hydrogen-bond donors (Lipinski definition) is 1. The lowest BCUT2D eigenvalue weighted by atomic mass is 9.83. The monoisotopic (exact) mass is 435 g/mol. The van der Waals surface area contributed by atoms with Crippen LogP contribution in [0.1, 0.15) is 56.4 Å². The largest absolute Gasteiger partial charge is 0.467 e. The third kappa shape index (κ3) is 4.07. The van der Waals surface area contributed by atoms with Crippen LogP contribution in [-0.2, 0) is 19.6 Å². The van der Waals surface area contributed by atoms with Crippen LogP contribution in [0.2, 0.25) is 0 Å². The molecule has 4 heterocycles. The molecule has 0 spiro atoms. The molecule has 1 N–H and O–H groups in total. The molecule has 2 atom stereocenters. The first-order valence-corrected chi connectivity index (χ1v) is 12.6. The number of nitrogens with one attached hydrogen (secondary N) is 1. The average Bonchev–Trinajstić information content (AvgIpc) is 3.54. The van der Waals surface area contributed by atoms with Gasteiger partial charge in [-0.2, -0.15) is 0 Å². The number of fused-ring (bicyclic) bond motifs is 5. The maximum atomic E-state index is 13.0. The maximum Gasteiger partial charge on any atom is 0.260 e. The van der Waals surface area contributed by atoms with Crippen LogP contribution in [0.15, 0.2) is 18.3 Å². The number of pyridine rings is 1. The van der Waals surface area contributed by atoms with Crippen LogP contribution in [0.3, 0.4) is 0 Å². The smallest absolute Gasteiger partial charge is 0.260 e. The Morgan fingerprint density at radius 3 is 2.67 bits per heavy atom. The summed E-state index contributed by atoms with van der Waals surface area (Å²) >= 11 is 0. The number of rotatable bonds is 3. The topological polar surface area (TPSA) is 97.8 Å². The van der Waals surface area contributed by atoms with Crippen LogP contribution in [-0.4, -0.2) is 67.4 Å². The standard InChI is InChI=1S/C21H29N3O5S/c25-20-13-29-21-17(2-1-10-22-21)14-3-5-15(6-4-14)28-12-19-18(9-11-24(19)20)23-30(26,27)16-7-8-16/h1-2,10,14-16,18-19,23H,3-9,11-13H2. The van der Waals surface area contributed by atoms with Gasteiger partial charge in [0, 0.05) is 24.3 Å². The normalized spacial score (nSPS) is 32.4. The van der Waals surface area contributed by atoms with Crippen molar-refractivity contribution in [1.82, 2.24) is 14.6 Å². The Kier molecular flexibility index (Phi) is 5.45. The summed E-state index contributed by atoms with van der Waals surface area (Å²) in [5, 5.41) is -0.279. The number of aromatic nitrogens is 1. The Bertz CT molecular complexity index is 896. The predicted octanol–water partition coefficient (Wildman–Crippen LogP) is 1.57. The van der Waals surface area contributed by atoms with Crippen LogP contribution >= 0.6 is 0 Å². The van der Waals surface area contributed by atoms with Gasteiger partial charge in [-0.15, -0.1) is 0 Å². The van der Waals surface area contributed by atoms with E-state index >= 15 is 0 Å². The second-order valence-corrected chi connectivity index (χ2v) is 10.9. The van der Waals surface area contributed by atoms with Crippen molar-refractivity contribution in [3.8, 4) is 5.88 Å². The summed E-state index contributed by atoms with van der Waals surface area (Å²) in [5.41, 5.74) is 1.07. The lowest BCUT2D eigenvalue weighted by molar-refractivity contribution is -0.136. The number of amides is 1. The number of nitrogens with zero attached hydrogens (tertiary/aromatic N) is 2. The third-order valence-electron chi connectivity index (χ3n) is 6.89. The van der Waals surface area contributed by atoms with E-state index < -0.39 is 10.0 Å². The van der Waals surface area contributed by atoms with Gasteiger partial charge < -0.3 is 14.4 Å². The Balaban J connectivity index is 1.38. The summed E-state index contributed by atoms with van der Waals surface area (Å²) in [5.74, 6) is 0.749. The fourth-order valence-electron chi connectivity index (χ4n) is 5.02. The number of sulfonamides is 1. The van der Waals surface area contributed by atoms with E-state index in [2.05, 4.69) is 9.71 Å². The van der Waals surface area contributed by atoms with Gasteiger partial charge in [0.05, 0.1) is 24.0 Å². The summed E-state index contributed by atoms with van der Waals surface area (Å²) < 4.78 is 40.0. The molecule has 6 rings (SSSR count). The molecule has 2 saturated carbocycles. The quantitative estimate of drug-likeness (QED) is 0.774. The van der Waals surface area contributed by atoms with Gasteiger partial charge >= 0.3 is 0 Å². The molecule has 2 bridgehead atoms. The second kappa shape index (κ2) is 8.09. The SMILES string of the molecule is O=C1COc2ncccc2C2CCC(CC2)OCC2C(NS(=O)(=O)C3CC3)CCN12. The van der Waals surface area contributed by atoms with Gasteiger partial charge in [-0.25, -0.2) is 18.1 Å². The highest BCUT2D eigenvalue weighted by Crippen LogP contribution is 2.38. The average molecular weight is 436 g/mol. The molecule has 30 heavy (non-hydrogen) atoms. The number of ether oxygens (including phenoxy) is 2. The van der Waals surface area contributed by atoms with Gasteiger partial charge in [0.15, 0.2) is 6.61 Å². The van der Waals surface area contributed by atoms with E-state index in [0.29, 0.717) is 31.4 Å². The van der Waals surface area contributed by atoms with Crippen molar-refractivity contribution >= 4 is 15.9 Å². The Morgan fingerprint density at radius 1 is 1.10 bits per heavy atom. The van der Waals surface area contributed by atoms with Crippen molar-refractivity contribution in [3.05, 3.63) is 23.9 Å². The fourth-order valence-corrected chi connectivity index (χ4v) is 6.66. The van der Waals surface area contributed by atoms with E-state index in [1.54, 1.807) is 11.1 Å². The first-order valence-electron chi connectivity index (χ1n) is 11.0. The number of carbonyl (C=O) groups excluding carboxylic acids is 1. The Labute approximate surface area is 177 Å². The Hall–Kier alpha value is -1.71. The number of carbonyl (C=O) groups is 1. The van der Waals surface area contributed by atoms with Crippen molar-refractivity contribution < 1.29 is 22.7 Å². The number of hydrogen-bond acceptors (Lipinski definition) is 6. The lowest BCUT2D eigenvalue weighted by Gasteiger charge is -2.32. The molecule has 2 unspecified atom stereocenters. The molecule has 1 amide bonds. The zero-order valence-corrected chi connectivity index (χ0v) is 17.9. The van der Waals surface area contributed by atoms with E-state index in [1.807, 2.05) is 12.1 Å². The van der Waals surface area contributed by atoms with Crippen molar-refractivity contribution in [2.75, 3.05) is 19.8 Å². The Morgan fingerprint density at radius 2 is 1.90 bits per heavy atom. The van der Waals surface area contributed by atoms with Gasteiger partial charge in [-0.05, 0) is 56.9 Å². The molecule has 1 aromatic heterocycles. The zero-order chi connectivity index (χ0) is 20.7. The van der Waals surface area contributed by atoms with Gasteiger partial charge in [-0.1, -0.05) is 6.07 Å². The molecule has 0 aromatic carbocycles. The molecule has 9 heteroatoms. The van der Waals surface area contributed by atoms with E-state index in [0.717, 1.165) is 44.1 Å². The molecule has 0 radical (unpaired) electrons. The van der Waals surface area contributed by atoms with Crippen molar-refractivity contribution in [1.29, 1.82) is 0 Å². The molecule has 8 nitrogen and oxygen atoms in total.